The lowest BCUT2D eigenvalue weighted by Gasteiger charge is -2.27. The van der Waals surface area contributed by atoms with E-state index in [4.69, 9.17) is 0 Å². The van der Waals surface area contributed by atoms with Crippen LogP contribution in [-0.2, 0) is 6.42 Å². The molecule has 0 aromatic heterocycles. The summed E-state index contributed by atoms with van der Waals surface area (Å²) < 4.78 is 0. The maximum atomic E-state index is 3.94. The normalized spacial score (nSPS) is 12.2. The van der Waals surface area contributed by atoms with Crippen LogP contribution in [0.5, 0.6) is 0 Å². The Hall–Kier alpha value is -1.24. The molecule has 1 rings (SSSR count). The molecule has 0 fully saturated rings. The maximum absolute atomic E-state index is 3.94. The van der Waals surface area contributed by atoms with Gasteiger partial charge in [-0.3, -0.25) is 0 Å². The predicted molar refractivity (Wildman–Crippen MR) is 62.2 cm³/mol. The van der Waals surface area contributed by atoms with Gasteiger partial charge in [-0.2, -0.15) is 0 Å². The van der Waals surface area contributed by atoms with E-state index in [2.05, 4.69) is 55.8 Å². The molecule has 0 saturated heterocycles. The average molecular weight is 189 g/mol. The van der Waals surface area contributed by atoms with Crippen LogP contribution in [-0.4, -0.2) is 18.0 Å². The molecule has 1 heteroatoms. The van der Waals surface area contributed by atoms with Gasteiger partial charge in [0, 0.05) is 18.8 Å². The predicted octanol–water partition coefficient (Wildman–Crippen LogP) is 3.08. The van der Waals surface area contributed by atoms with E-state index in [0.717, 1.165) is 12.1 Å². The molecule has 14 heavy (non-hydrogen) atoms. The third-order valence-corrected chi connectivity index (χ3v) is 2.64. The van der Waals surface area contributed by atoms with Crippen LogP contribution in [0.2, 0.25) is 0 Å². The molecule has 1 aromatic rings. The number of hydrogen-bond donors (Lipinski definition) is 0. The van der Waals surface area contributed by atoms with E-state index < -0.39 is 0 Å². The topological polar surface area (TPSA) is 3.24 Å². The smallest absolute Gasteiger partial charge is 0.0295 e. The summed E-state index contributed by atoms with van der Waals surface area (Å²) in [4.78, 5) is 2.22. The molecule has 1 nitrogen and oxygen atoms in total. The molecule has 1 aromatic carbocycles. The first-order valence-electron chi connectivity index (χ1n) is 5.03. The van der Waals surface area contributed by atoms with Crippen LogP contribution in [0.15, 0.2) is 42.6 Å². The first-order valence-corrected chi connectivity index (χ1v) is 5.03. The zero-order valence-electron chi connectivity index (χ0n) is 9.33. The molecule has 0 unspecified atom stereocenters. The Kier molecular flexibility index (Phi) is 3.75. The van der Waals surface area contributed by atoms with Gasteiger partial charge >= 0.3 is 0 Å². The van der Waals surface area contributed by atoms with Gasteiger partial charge in [0.05, 0.1) is 0 Å². The van der Waals surface area contributed by atoms with E-state index in [1.165, 1.54) is 5.56 Å². The lowest BCUT2D eigenvalue weighted by molar-refractivity contribution is 0.323. The van der Waals surface area contributed by atoms with Crippen molar-refractivity contribution in [1.29, 1.82) is 0 Å². The van der Waals surface area contributed by atoms with Crippen molar-refractivity contribution in [3.63, 3.8) is 0 Å². The van der Waals surface area contributed by atoms with Crippen LogP contribution in [0.25, 0.3) is 0 Å². The second-order valence-electron chi connectivity index (χ2n) is 3.88. The average Bonchev–Trinajstić information content (AvgIpc) is 2.18. The van der Waals surface area contributed by atoms with E-state index in [0.29, 0.717) is 6.04 Å². The summed E-state index contributed by atoms with van der Waals surface area (Å²) in [5, 5.41) is 0. The summed E-state index contributed by atoms with van der Waals surface area (Å²) in [5.74, 6) is 0. The van der Waals surface area contributed by atoms with Crippen molar-refractivity contribution in [1.82, 2.24) is 4.90 Å². The van der Waals surface area contributed by atoms with E-state index >= 15 is 0 Å². The number of nitrogens with zero attached hydrogens (tertiary/aromatic N) is 1. The van der Waals surface area contributed by atoms with Crippen LogP contribution in [0.3, 0.4) is 0 Å². The first-order chi connectivity index (χ1) is 6.61. The highest BCUT2D eigenvalue weighted by Gasteiger charge is 2.08. The summed E-state index contributed by atoms with van der Waals surface area (Å²) in [7, 11) is 2.09. The molecular formula is C13H19N. The molecule has 0 aliphatic rings. The number of rotatable bonds is 4. The lowest BCUT2D eigenvalue weighted by atomic mass is 10.1. The minimum atomic E-state index is 0.509. The first kappa shape index (κ1) is 10.8. The molecule has 0 N–H and O–H groups in total. The number of allylic oxidation sites excluding steroid dienone is 1. The van der Waals surface area contributed by atoms with Gasteiger partial charge in [0.15, 0.2) is 0 Å². The van der Waals surface area contributed by atoms with Crippen molar-refractivity contribution >= 4 is 0 Å². The van der Waals surface area contributed by atoms with Gasteiger partial charge in [0.25, 0.3) is 0 Å². The molecule has 0 radical (unpaired) electrons. The molecule has 0 saturated carbocycles. The Morgan fingerprint density at radius 3 is 2.43 bits per heavy atom. The van der Waals surface area contributed by atoms with E-state index in [-0.39, 0.29) is 0 Å². The molecule has 0 amide bonds. The van der Waals surface area contributed by atoms with Gasteiger partial charge in [0.1, 0.15) is 0 Å². The molecule has 0 heterocycles. The molecule has 0 aliphatic heterocycles. The minimum Gasteiger partial charge on any atom is -0.376 e. The monoisotopic (exact) mass is 189 g/mol. The second-order valence-corrected chi connectivity index (χ2v) is 3.88. The molecular weight excluding hydrogens is 170 g/mol. The van der Waals surface area contributed by atoms with Crippen molar-refractivity contribution in [2.75, 3.05) is 7.05 Å². The SMILES string of the molecule is C=C(C)N(C)[C@H](C)Cc1ccccc1. The highest BCUT2D eigenvalue weighted by Crippen LogP contribution is 2.10. The number of benzene rings is 1. The van der Waals surface area contributed by atoms with Gasteiger partial charge in [-0.25, -0.2) is 0 Å². The Balaban J connectivity index is 2.57. The van der Waals surface area contributed by atoms with Crippen LogP contribution >= 0.6 is 0 Å². The van der Waals surface area contributed by atoms with E-state index in [9.17, 15) is 0 Å². The van der Waals surface area contributed by atoms with Crippen molar-refractivity contribution in [2.24, 2.45) is 0 Å². The van der Waals surface area contributed by atoms with Crippen molar-refractivity contribution in [2.45, 2.75) is 26.3 Å². The van der Waals surface area contributed by atoms with Crippen LogP contribution in [0, 0.1) is 0 Å². The lowest BCUT2D eigenvalue weighted by Crippen LogP contribution is -2.28. The molecule has 76 valence electrons. The zero-order valence-corrected chi connectivity index (χ0v) is 9.33. The van der Waals surface area contributed by atoms with Crippen LogP contribution < -0.4 is 0 Å². The Bertz CT molecular complexity index is 289. The van der Waals surface area contributed by atoms with Gasteiger partial charge in [-0.1, -0.05) is 36.9 Å². The summed E-state index contributed by atoms with van der Waals surface area (Å²) >= 11 is 0. The zero-order chi connectivity index (χ0) is 10.6. The fourth-order valence-corrected chi connectivity index (χ4v) is 1.47. The molecule has 0 aliphatic carbocycles. The summed E-state index contributed by atoms with van der Waals surface area (Å²) in [6, 6.07) is 11.1. The molecule has 0 spiro atoms. The van der Waals surface area contributed by atoms with Crippen LogP contribution in [0.1, 0.15) is 19.4 Å². The Morgan fingerprint density at radius 1 is 1.36 bits per heavy atom. The van der Waals surface area contributed by atoms with E-state index in [1.54, 1.807) is 0 Å². The summed E-state index contributed by atoms with van der Waals surface area (Å²) in [6.45, 7) is 8.21. The fourth-order valence-electron chi connectivity index (χ4n) is 1.47. The third-order valence-electron chi connectivity index (χ3n) is 2.64. The Labute approximate surface area is 87.1 Å². The number of hydrogen-bond acceptors (Lipinski definition) is 1. The van der Waals surface area contributed by atoms with Crippen molar-refractivity contribution in [3.05, 3.63) is 48.2 Å². The second kappa shape index (κ2) is 4.85. The van der Waals surface area contributed by atoms with Gasteiger partial charge in [-0.15, -0.1) is 0 Å². The highest BCUT2D eigenvalue weighted by molar-refractivity contribution is 5.16. The van der Waals surface area contributed by atoms with Gasteiger partial charge in [0.2, 0.25) is 0 Å². The number of likely N-dealkylation sites (N-methyl/N-ethyl adjacent to an activating group) is 1. The Morgan fingerprint density at radius 2 is 1.93 bits per heavy atom. The molecule has 0 bridgehead atoms. The summed E-state index contributed by atoms with van der Waals surface area (Å²) in [5.41, 5.74) is 2.50. The standard InChI is InChI=1S/C13H19N/c1-11(2)14(4)12(3)10-13-8-6-5-7-9-13/h5-9,12H,1,10H2,2-4H3/t12-/m1/s1. The van der Waals surface area contributed by atoms with Gasteiger partial charge in [-0.05, 0) is 25.8 Å². The van der Waals surface area contributed by atoms with Gasteiger partial charge < -0.3 is 4.90 Å². The fraction of sp³-hybridized carbons (Fsp3) is 0.385. The summed E-state index contributed by atoms with van der Waals surface area (Å²) in [6.07, 6.45) is 1.07. The third kappa shape index (κ3) is 2.91. The van der Waals surface area contributed by atoms with Crippen LogP contribution in [0.4, 0.5) is 0 Å². The minimum absolute atomic E-state index is 0.509. The quantitative estimate of drug-likeness (QED) is 0.703. The largest absolute Gasteiger partial charge is 0.376 e. The van der Waals surface area contributed by atoms with E-state index in [1.807, 2.05) is 6.92 Å². The molecule has 1 atom stereocenters. The highest BCUT2D eigenvalue weighted by atomic mass is 15.1. The van der Waals surface area contributed by atoms with Crippen molar-refractivity contribution in [3.8, 4) is 0 Å². The maximum Gasteiger partial charge on any atom is 0.0295 e. The van der Waals surface area contributed by atoms with Crippen molar-refractivity contribution < 1.29 is 0 Å².